The Kier molecular flexibility index (Phi) is 3.44. The SMILES string of the molecule is Cc1ccc(N2CC(S(=O)(=O)F)CC2=O)c(Cl)c1O. The molecule has 2 rings (SSSR count). The van der Waals surface area contributed by atoms with E-state index in [9.17, 15) is 22.2 Å². The van der Waals surface area contributed by atoms with Crippen molar-refractivity contribution in [2.75, 3.05) is 11.4 Å². The summed E-state index contributed by atoms with van der Waals surface area (Å²) in [5.41, 5.74) is 0.705. The van der Waals surface area contributed by atoms with Crippen molar-refractivity contribution in [3.05, 3.63) is 22.7 Å². The molecule has 0 aromatic heterocycles. The molecule has 0 aliphatic carbocycles. The van der Waals surface area contributed by atoms with Crippen molar-refractivity contribution in [2.45, 2.75) is 18.6 Å². The molecule has 0 spiro atoms. The number of phenolic OH excluding ortho intramolecular Hbond substituents is 1. The number of hydrogen-bond donors (Lipinski definition) is 1. The average Bonchev–Trinajstić information content (AvgIpc) is 2.68. The highest BCUT2D eigenvalue weighted by molar-refractivity contribution is 7.87. The van der Waals surface area contributed by atoms with Gasteiger partial charge in [0.05, 0.1) is 5.69 Å². The van der Waals surface area contributed by atoms with Gasteiger partial charge >= 0.3 is 10.2 Å². The molecule has 1 N–H and O–H groups in total. The maximum atomic E-state index is 12.9. The summed E-state index contributed by atoms with van der Waals surface area (Å²) >= 11 is 5.92. The number of nitrogens with zero attached hydrogens (tertiary/aromatic N) is 1. The number of carbonyl (C=O) groups is 1. The van der Waals surface area contributed by atoms with Gasteiger partial charge in [-0.3, -0.25) is 4.79 Å². The summed E-state index contributed by atoms with van der Waals surface area (Å²) in [4.78, 5) is 12.8. The summed E-state index contributed by atoms with van der Waals surface area (Å²) in [6.45, 7) is 1.32. The molecule has 104 valence electrons. The summed E-state index contributed by atoms with van der Waals surface area (Å²) in [7, 11) is -4.78. The number of aryl methyl sites for hydroxylation is 1. The Morgan fingerprint density at radius 2 is 2.11 bits per heavy atom. The molecule has 1 atom stereocenters. The third-order valence-corrected chi connectivity index (χ3v) is 4.56. The maximum absolute atomic E-state index is 12.9. The van der Waals surface area contributed by atoms with E-state index in [0.29, 0.717) is 5.56 Å². The Morgan fingerprint density at radius 1 is 1.47 bits per heavy atom. The van der Waals surface area contributed by atoms with E-state index in [-0.39, 0.29) is 23.0 Å². The lowest BCUT2D eigenvalue weighted by Crippen LogP contribution is -2.27. The van der Waals surface area contributed by atoms with Crippen molar-refractivity contribution < 1.29 is 22.2 Å². The third-order valence-electron chi connectivity index (χ3n) is 3.08. The Labute approximate surface area is 114 Å². The van der Waals surface area contributed by atoms with Gasteiger partial charge < -0.3 is 10.0 Å². The van der Waals surface area contributed by atoms with Gasteiger partial charge in [0.2, 0.25) is 5.91 Å². The van der Waals surface area contributed by atoms with Crippen LogP contribution >= 0.6 is 11.6 Å². The molecule has 19 heavy (non-hydrogen) atoms. The Balaban J connectivity index is 2.39. The zero-order valence-electron chi connectivity index (χ0n) is 9.93. The quantitative estimate of drug-likeness (QED) is 0.845. The minimum Gasteiger partial charge on any atom is -0.506 e. The summed E-state index contributed by atoms with van der Waals surface area (Å²) in [5, 5.41) is 8.26. The van der Waals surface area contributed by atoms with Gasteiger partial charge in [0.1, 0.15) is 16.0 Å². The third kappa shape index (κ3) is 2.52. The van der Waals surface area contributed by atoms with Gasteiger partial charge in [-0.15, -0.1) is 3.89 Å². The monoisotopic (exact) mass is 307 g/mol. The second-order valence-corrected chi connectivity index (χ2v) is 6.37. The zero-order chi connectivity index (χ0) is 14.4. The molecule has 1 aromatic rings. The van der Waals surface area contributed by atoms with Crippen LogP contribution in [0.1, 0.15) is 12.0 Å². The predicted molar refractivity (Wildman–Crippen MR) is 68.6 cm³/mol. The van der Waals surface area contributed by atoms with Crippen molar-refractivity contribution in [1.29, 1.82) is 0 Å². The number of halogens is 2. The van der Waals surface area contributed by atoms with Crippen LogP contribution < -0.4 is 4.90 Å². The van der Waals surface area contributed by atoms with Crippen molar-refractivity contribution in [2.24, 2.45) is 0 Å². The zero-order valence-corrected chi connectivity index (χ0v) is 11.5. The molecule has 8 heteroatoms. The molecule has 5 nitrogen and oxygen atoms in total. The lowest BCUT2D eigenvalue weighted by molar-refractivity contribution is -0.117. The van der Waals surface area contributed by atoms with E-state index in [2.05, 4.69) is 0 Å². The van der Waals surface area contributed by atoms with Crippen LogP contribution in [0.15, 0.2) is 12.1 Å². The second kappa shape index (κ2) is 4.64. The van der Waals surface area contributed by atoms with E-state index in [0.717, 1.165) is 4.90 Å². The van der Waals surface area contributed by atoms with E-state index in [1.807, 2.05) is 0 Å². The fourth-order valence-electron chi connectivity index (χ4n) is 1.96. The van der Waals surface area contributed by atoms with Crippen molar-refractivity contribution >= 4 is 33.4 Å². The van der Waals surface area contributed by atoms with E-state index < -0.39 is 27.8 Å². The highest BCUT2D eigenvalue weighted by atomic mass is 35.5. The molecule has 1 saturated heterocycles. The number of amides is 1. The number of aromatic hydroxyl groups is 1. The smallest absolute Gasteiger partial charge is 0.307 e. The van der Waals surface area contributed by atoms with Gasteiger partial charge in [-0.1, -0.05) is 17.7 Å². The first-order valence-corrected chi connectivity index (χ1v) is 7.26. The van der Waals surface area contributed by atoms with Crippen LogP contribution in [0.5, 0.6) is 5.75 Å². The minimum atomic E-state index is -4.78. The number of hydrogen-bond acceptors (Lipinski definition) is 4. The van der Waals surface area contributed by atoms with Crippen LogP contribution in [0.3, 0.4) is 0 Å². The molecule has 1 aromatic carbocycles. The number of anilines is 1. The molecule has 1 aliphatic heterocycles. The highest BCUT2D eigenvalue weighted by Gasteiger charge is 2.39. The molecule has 0 saturated carbocycles. The fourth-order valence-corrected chi connectivity index (χ4v) is 2.94. The molecule has 1 aliphatic rings. The van der Waals surface area contributed by atoms with Gasteiger partial charge in [0.25, 0.3) is 0 Å². The van der Waals surface area contributed by atoms with Crippen molar-refractivity contribution in [3.63, 3.8) is 0 Å². The first kappa shape index (κ1) is 14.1. The van der Waals surface area contributed by atoms with Gasteiger partial charge in [-0.25, -0.2) is 0 Å². The molecule has 0 radical (unpaired) electrons. The summed E-state index contributed by atoms with van der Waals surface area (Å²) < 4.78 is 34.6. The number of benzene rings is 1. The van der Waals surface area contributed by atoms with Crippen LogP contribution in [-0.2, 0) is 15.0 Å². The largest absolute Gasteiger partial charge is 0.506 e. The van der Waals surface area contributed by atoms with Gasteiger partial charge in [-0.2, -0.15) is 8.42 Å². The molecule has 1 unspecified atom stereocenters. The minimum absolute atomic E-state index is 0.0507. The fraction of sp³-hybridized carbons (Fsp3) is 0.364. The lowest BCUT2D eigenvalue weighted by Gasteiger charge is -2.18. The van der Waals surface area contributed by atoms with Crippen molar-refractivity contribution in [1.82, 2.24) is 0 Å². The topological polar surface area (TPSA) is 74.7 Å². The Hall–Kier alpha value is -1.34. The molecule has 1 fully saturated rings. The Morgan fingerprint density at radius 3 is 2.63 bits per heavy atom. The average molecular weight is 308 g/mol. The number of carbonyl (C=O) groups excluding carboxylic acids is 1. The van der Waals surface area contributed by atoms with Crippen LogP contribution in [0, 0.1) is 6.92 Å². The van der Waals surface area contributed by atoms with E-state index in [1.165, 1.54) is 6.07 Å². The first-order chi connectivity index (χ1) is 8.71. The molecular weight excluding hydrogens is 297 g/mol. The van der Waals surface area contributed by atoms with E-state index in [4.69, 9.17) is 11.6 Å². The summed E-state index contributed by atoms with van der Waals surface area (Å²) in [5.74, 6) is -0.727. The molecule has 1 amide bonds. The standard InChI is InChI=1S/C11H11ClFNO4S/c1-6-2-3-8(10(12)11(6)16)14-5-7(4-9(14)15)19(13,17)18/h2-3,7,16H,4-5H2,1H3. The Bertz CT molecular complexity index is 646. The normalized spacial score (nSPS) is 20.1. The summed E-state index contributed by atoms with van der Waals surface area (Å²) in [6.07, 6.45) is -0.427. The van der Waals surface area contributed by atoms with E-state index in [1.54, 1.807) is 13.0 Å². The van der Waals surface area contributed by atoms with Gasteiger partial charge in [0, 0.05) is 13.0 Å². The van der Waals surface area contributed by atoms with Crippen LogP contribution in [0.2, 0.25) is 5.02 Å². The maximum Gasteiger partial charge on any atom is 0.307 e. The molecule has 0 bridgehead atoms. The number of phenols is 1. The molecule has 1 heterocycles. The van der Waals surface area contributed by atoms with E-state index >= 15 is 0 Å². The summed E-state index contributed by atoms with van der Waals surface area (Å²) in [6, 6.07) is 3.03. The molecular formula is C11H11ClFNO4S. The van der Waals surface area contributed by atoms with Gasteiger partial charge in [-0.05, 0) is 18.6 Å². The highest BCUT2D eigenvalue weighted by Crippen LogP contribution is 2.38. The van der Waals surface area contributed by atoms with Crippen molar-refractivity contribution in [3.8, 4) is 5.75 Å². The van der Waals surface area contributed by atoms with Gasteiger partial charge in [0.15, 0.2) is 0 Å². The predicted octanol–water partition coefficient (Wildman–Crippen LogP) is 1.76. The second-order valence-electron chi connectivity index (χ2n) is 4.37. The van der Waals surface area contributed by atoms with Crippen LogP contribution in [0.25, 0.3) is 0 Å². The van der Waals surface area contributed by atoms with Crippen LogP contribution in [-0.4, -0.2) is 31.2 Å². The lowest BCUT2D eigenvalue weighted by atomic mass is 10.2. The first-order valence-electron chi connectivity index (χ1n) is 5.43. The van der Waals surface area contributed by atoms with Crippen LogP contribution in [0.4, 0.5) is 9.57 Å². The number of rotatable bonds is 2.